The van der Waals surface area contributed by atoms with E-state index >= 15 is 0 Å². The number of halogens is 3. The lowest BCUT2D eigenvalue weighted by molar-refractivity contribution is 0.600. The molecule has 26 heavy (non-hydrogen) atoms. The molecule has 0 bridgehead atoms. The smallest absolute Gasteiger partial charge is 0.216 e. The van der Waals surface area contributed by atoms with E-state index in [0.717, 1.165) is 22.5 Å². The fourth-order valence-electron chi connectivity index (χ4n) is 2.55. The van der Waals surface area contributed by atoms with Crippen LogP contribution < -0.4 is 4.72 Å². The standard InChI is InChI=1S/C17H15Cl3N4OS/c1-9-16(10(2)24(3)22-9)23-26(25)17-13(18)6-12(7-14(17)19)11-4-5-21-15(20)8-11/h4-8,23H,1-3H3. The van der Waals surface area contributed by atoms with Gasteiger partial charge in [-0.05, 0) is 49.2 Å². The number of nitrogens with zero attached hydrogens (tertiary/aromatic N) is 3. The van der Waals surface area contributed by atoms with Crippen molar-refractivity contribution in [2.75, 3.05) is 4.72 Å². The SMILES string of the molecule is Cc1nn(C)c(C)c1N[S+]([O-])c1c(Cl)cc(-c2ccnc(Cl)c2)cc1Cl. The van der Waals surface area contributed by atoms with E-state index in [1.807, 2.05) is 20.9 Å². The van der Waals surface area contributed by atoms with E-state index in [1.54, 1.807) is 35.1 Å². The Labute approximate surface area is 169 Å². The predicted octanol–water partition coefficient (Wildman–Crippen LogP) is 5.19. The monoisotopic (exact) mass is 428 g/mol. The van der Waals surface area contributed by atoms with Gasteiger partial charge in [0.25, 0.3) is 0 Å². The van der Waals surface area contributed by atoms with Gasteiger partial charge in [0.1, 0.15) is 32.2 Å². The molecule has 1 atom stereocenters. The second-order valence-electron chi connectivity index (χ2n) is 5.68. The van der Waals surface area contributed by atoms with Crippen LogP contribution in [0, 0.1) is 13.8 Å². The molecule has 0 amide bonds. The Balaban J connectivity index is 1.95. The highest BCUT2D eigenvalue weighted by molar-refractivity contribution is 7.93. The average Bonchev–Trinajstić information content (AvgIpc) is 2.80. The summed E-state index contributed by atoms with van der Waals surface area (Å²) in [6, 6.07) is 6.92. The summed E-state index contributed by atoms with van der Waals surface area (Å²) in [5.41, 5.74) is 3.89. The Morgan fingerprint density at radius 3 is 2.27 bits per heavy atom. The molecular formula is C17H15Cl3N4OS. The first kappa shape index (κ1) is 19.3. The summed E-state index contributed by atoms with van der Waals surface area (Å²) in [6.45, 7) is 3.73. The summed E-state index contributed by atoms with van der Waals surface area (Å²) in [5, 5.41) is 5.26. The maximum atomic E-state index is 12.8. The van der Waals surface area contributed by atoms with Gasteiger partial charge in [-0.3, -0.25) is 4.68 Å². The molecule has 3 aromatic rings. The molecule has 0 saturated carbocycles. The molecule has 3 rings (SSSR count). The highest BCUT2D eigenvalue weighted by Gasteiger charge is 2.24. The molecule has 0 aliphatic heterocycles. The summed E-state index contributed by atoms with van der Waals surface area (Å²) in [7, 11) is 1.82. The molecule has 0 radical (unpaired) electrons. The van der Waals surface area contributed by atoms with Crippen LogP contribution in [0.2, 0.25) is 15.2 Å². The molecule has 1 aromatic carbocycles. The largest absolute Gasteiger partial charge is 0.588 e. The van der Waals surface area contributed by atoms with Crippen LogP contribution in [-0.2, 0) is 18.4 Å². The van der Waals surface area contributed by atoms with Crippen molar-refractivity contribution in [2.45, 2.75) is 18.7 Å². The molecule has 5 nitrogen and oxygen atoms in total. The van der Waals surface area contributed by atoms with Gasteiger partial charge in [-0.2, -0.15) is 9.82 Å². The molecular weight excluding hydrogens is 415 g/mol. The lowest BCUT2D eigenvalue weighted by Crippen LogP contribution is -2.15. The normalized spacial score (nSPS) is 12.3. The lowest BCUT2D eigenvalue weighted by atomic mass is 10.1. The molecule has 0 fully saturated rings. The van der Waals surface area contributed by atoms with E-state index in [4.69, 9.17) is 34.8 Å². The van der Waals surface area contributed by atoms with Crippen molar-refractivity contribution in [3.63, 3.8) is 0 Å². The second-order valence-corrected chi connectivity index (χ2v) is 8.03. The summed E-state index contributed by atoms with van der Waals surface area (Å²) in [4.78, 5) is 4.27. The molecule has 0 aliphatic carbocycles. The van der Waals surface area contributed by atoms with Crippen molar-refractivity contribution in [3.05, 3.63) is 57.0 Å². The molecule has 1 unspecified atom stereocenters. The van der Waals surface area contributed by atoms with Crippen LogP contribution in [0.25, 0.3) is 11.1 Å². The number of aryl methyl sites for hydroxylation is 2. The van der Waals surface area contributed by atoms with Crippen LogP contribution in [0.15, 0.2) is 35.4 Å². The van der Waals surface area contributed by atoms with Gasteiger partial charge in [0.15, 0.2) is 0 Å². The highest BCUT2D eigenvalue weighted by Crippen LogP contribution is 2.36. The Morgan fingerprint density at radius 2 is 1.73 bits per heavy atom. The third kappa shape index (κ3) is 3.80. The Morgan fingerprint density at radius 1 is 1.08 bits per heavy atom. The number of pyridine rings is 1. The minimum atomic E-state index is -1.64. The van der Waals surface area contributed by atoms with Crippen molar-refractivity contribution in [2.24, 2.45) is 7.05 Å². The first-order valence-corrected chi connectivity index (χ1v) is 9.86. The molecule has 136 valence electrons. The van der Waals surface area contributed by atoms with Crippen LogP contribution in [0.3, 0.4) is 0 Å². The van der Waals surface area contributed by atoms with E-state index < -0.39 is 11.4 Å². The second kappa shape index (κ2) is 7.66. The van der Waals surface area contributed by atoms with Gasteiger partial charge < -0.3 is 4.55 Å². The van der Waals surface area contributed by atoms with Crippen molar-refractivity contribution >= 4 is 51.9 Å². The number of hydrogen-bond acceptors (Lipinski definition) is 4. The topological polar surface area (TPSA) is 65.8 Å². The Kier molecular flexibility index (Phi) is 5.69. The minimum absolute atomic E-state index is 0.297. The van der Waals surface area contributed by atoms with E-state index in [1.165, 1.54) is 0 Å². The van der Waals surface area contributed by atoms with Gasteiger partial charge in [0.05, 0.1) is 11.4 Å². The highest BCUT2D eigenvalue weighted by atomic mass is 35.5. The molecule has 1 N–H and O–H groups in total. The predicted molar refractivity (Wildman–Crippen MR) is 107 cm³/mol. The summed E-state index contributed by atoms with van der Waals surface area (Å²) < 4.78 is 17.5. The van der Waals surface area contributed by atoms with Crippen LogP contribution in [-0.4, -0.2) is 19.3 Å². The fourth-order valence-corrected chi connectivity index (χ4v) is 4.69. The summed E-state index contributed by atoms with van der Waals surface area (Å²) >= 11 is 17.1. The van der Waals surface area contributed by atoms with Crippen molar-refractivity contribution in [1.82, 2.24) is 14.8 Å². The van der Waals surface area contributed by atoms with Gasteiger partial charge in [0.2, 0.25) is 4.90 Å². The van der Waals surface area contributed by atoms with Crippen LogP contribution in [0.1, 0.15) is 11.4 Å². The maximum Gasteiger partial charge on any atom is 0.216 e. The fraction of sp³-hybridized carbons (Fsp3) is 0.176. The number of nitrogens with one attached hydrogen (secondary N) is 1. The van der Waals surface area contributed by atoms with Crippen molar-refractivity contribution in [1.29, 1.82) is 0 Å². The molecule has 9 heteroatoms. The number of aromatic nitrogens is 3. The summed E-state index contributed by atoms with van der Waals surface area (Å²) in [5.74, 6) is 0. The minimum Gasteiger partial charge on any atom is -0.588 e. The van der Waals surface area contributed by atoms with Crippen molar-refractivity contribution < 1.29 is 4.55 Å². The van der Waals surface area contributed by atoms with Crippen LogP contribution in [0.5, 0.6) is 0 Å². The zero-order chi connectivity index (χ0) is 19.0. The van der Waals surface area contributed by atoms with E-state index in [0.29, 0.717) is 25.8 Å². The van der Waals surface area contributed by atoms with Gasteiger partial charge in [-0.15, -0.1) is 0 Å². The Bertz CT molecular complexity index is 954. The maximum absolute atomic E-state index is 12.8. The van der Waals surface area contributed by atoms with E-state index in [-0.39, 0.29) is 0 Å². The molecule has 2 heterocycles. The van der Waals surface area contributed by atoms with E-state index in [2.05, 4.69) is 14.8 Å². The average molecular weight is 430 g/mol. The number of rotatable bonds is 4. The molecule has 0 saturated heterocycles. The lowest BCUT2D eigenvalue weighted by Gasteiger charge is -2.15. The van der Waals surface area contributed by atoms with Gasteiger partial charge in [0, 0.05) is 13.2 Å². The first-order chi connectivity index (χ1) is 12.3. The van der Waals surface area contributed by atoms with Crippen LogP contribution in [0.4, 0.5) is 5.69 Å². The first-order valence-electron chi connectivity index (χ1n) is 7.57. The molecule has 0 aliphatic rings. The zero-order valence-electron chi connectivity index (χ0n) is 14.2. The molecule has 0 spiro atoms. The van der Waals surface area contributed by atoms with Gasteiger partial charge >= 0.3 is 0 Å². The number of anilines is 1. The zero-order valence-corrected chi connectivity index (χ0v) is 17.3. The molecule has 2 aromatic heterocycles. The van der Waals surface area contributed by atoms with Gasteiger partial charge in [-0.25, -0.2) is 4.98 Å². The number of hydrogen-bond donors (Lipinski definition) is 1. The summed E-state index contributed by atoms with van der Waals surface area (Å²) in [6.07, 6.45) is 1.60. The third-order valence-electron chi connectivity index (χ3n) is 3.95. The third-order valence-corrected chi connectivity index (χ3v) is 6.17. The van der Waals surface area contributed by atoms with Crippen LogP contribution >= 0.6 is 34.8 Å². The van der Waals surface area contributed by atoms with Gasteiger partial charge in [-0.1, -0.05) is 34.8 Å². The van der Waals surface area contributed by atoms with E-state index in [9.17, 15) is 4.55 Å². The Hall–Kier alpha value is -1.44. The number of benzene rings is 1. The quantitative estimate of drug-likeness (QED) is 0.457. The van der Waals surface area contributed by atoms with Crippen molar-refractivity contribution in [3.8, 4) is 11.1 Å².